The zero-order valence-electron chi connectivity index (χ0n) is 13.4. The van der Waals surface area contributed by atoms with Crippen molar-refractivity contribution in [3.63, 3.8) is 0 Å². The number of ether oxygens (including phenoxy) is 1. The monoisotopic (exact) mass is 352 g/mol. The molecule has 0 aliphatic heterocycles. The van der Waals surface area contributed by atoms with Gasteiger partial charge in [-0.25, -0.2) is 0 Å². The molecule has 0 aliphatic rings. The van der Waals surface area contributed by atoms with Crippen molar-refractivity contribution in [3.8, 4) is 11.5 Å². The Bertz CT molecular complexity index is 867. The molecule has 0 heterocycles. The number of nitrogens with zero attached hydrogens (tertiary/aromatic N) is 1. The van der Waals surface area contributed by atoms with E-state index in [4.69, 9.17) is 16.3 Å². The molecule has 3 aromatic rings. The Morgan fingerprint density at radius 3 is 2.68 bits per heavy atom. The summed E-state index contributed by atoms with van der Waals surface area (Å²) in [6.45, 7) is 0.504. The van der Waals surface area contributed by atoms with Crippen LogP contribution in [-0.4, -0.2) is 11.3 Å². The molecule has 0 amide bonds. The molecule has 0 saturated heterocycles. The smallest absolute Gasteiger partial charge is 0.124 e. The molecule has 4 nitrogen and oxygen atoms in total. The van der Waals surface area contributed by atoms with E-state index in [0.717, 1.165) is 17.0 Å². The van der Waals surface area contributed by atoms with Gasteiger partial charge in [0.1, 0.15) is 18.1 Å². The summed E-state index contributed by atoms with van der Waals surface area (Å²) in [6.07, 6.45) is 1.51. The maximum atomic E-state index is 9.76. The van der Waals surface area contributed by atoms with Crippen molar-refractivity contribution >= 4 is 23.5 Å². The van der Waals surface area contributed by atoms with Gasteiger partial charge in [-0.1, -0.05) is 48.0 Å². The average Bonchev–Trinajstić information content (AvgIpc) is 2.64. The van der Waals surface area contributed by atoms with Gasteiger partial charge in [-0.05, 0) is 35.9 Å². The number of aromatic hydroxyl groups is 1. The van der Waals surface area contributed by atoms with Crippen molar-refractivity contribution in [1.82, 2.24) is 0 Å². The fraction of sp³-hybridized carbons (Fsp3) is 0.0500. The number of anilines is 1. The lowest BCUT2D eigenvalue weighted by Crippen LogP contribution is -1.96. The highest BCUT2D eigenvalue weighted by Crippen LogP contribution is 2.21. The van der Waals surface area contributed by atoms with Crippen molar-refractivity contribution in [1.29, 1.82) is 0 Å². The molecule has 0 atom stereocenters. The molecule has 0 saturated carbocycles. The van der Waals surface area contributed by atoms with E-state index in [1.807, 2.05) is 54.6 Å². The maximum absolute atomic E-state index is 9.76. The van der Waals surface area contributed by atoms with E-state index in [0.29, 0.717) is 17.2 Å². The van der Waals surface area contributed by atoms with Crippen molar-refractivity contribution in [2.24, 2.45) is 5.10 Å². The summed E-state index contributed by atoms with van der Waals surface area (Å²) < 4.78 is 5.78. The Morgan fingerprint density at radius 1 is 1.00 bits per heavy atom. The van der Waals surface area contributed by atoms with Crippen molar-refractivity contribution in [3.05, 3.63) is 88.9 Å². The number of hydrazone groups is 1. The first kappa shape index (κ1) is 16.9. The minimum Gasteiger partial charge on any atom is -0.507 e. The minimum atomic E-state index is 0.120. The van der Waals surface area contributed by atoms with E-state index < -0.39 is 0 Å². The Morgan fingerprint density at radius 2 is 1.84 bits per heavy atom. The maximum Gasteiger partial charge on any atom is 0.124 e. The van der Waals surface area contributed by atoms with Crippen LogP contribution in [0.2, 0.25) is 5.02 Å². The molecule has 0 radical (unpaired) electrons. The Kier molecular flexibility index (Phi) is 5.54. The molecule has 0 unspecified atom stereocenters. The second-order valence-corrected chi connectivity index (χ2v) is 5.81. The van der Waals surface area contributed by atoms with Gasteiger partial charge >= 0.3 is 0 Å². The zero-order chi connectivity index (χ0) is 17.5. The summed E-state index contributed by atoms with van der Waals surface area (Å²) in [5.41, 5.74) is 5.34. The quantitative estimate of drug-likeness (QED) is 0.481. The summed E-state index contributed by atoms with van der Waals surface area (Å²) in [6, 6.07) is 22.3. The highest BCUT2D eigenvalue weighted by atomic mass is 35.5. The van der Waals surface area contributed by atoms with Crippen molar-refractivity contribution < 1.29 is 9.84 Å². The van der Waals surface area contributed by atoms with Gasteiger partial charge in [-0.2, -0.15) is 5.10 Å². The van der Waals surface area contributed by atoms with Crippen LogP contribution in [0, 0.1) is 0 Å². The number of rotatable bonds is 6. The van der Waals surface area contributed by atoms with Gasteiger partial charge in [-0.15, -0.1) is 0 Å². The van der Waals surface area contributed by atoms with Gasteiger partial charge in [0, 0.05) is 16.7 Å². The third kappa shape index (κ3) is 4.99. The van der Waals surface area contributed by atoms with Gasteiger partial charge in [0.25, 0.3) is 0 Å². The summed E-state index contributed by atoms with van der Waals surface area (Å²) in [5.74, 6) is 0.865. The van der Waals surface area contributed by atoms with Crippen molar-refractivity contribution in [2.45, 2.75) is 6.61 Å². The molecule has 2 N–H and O–H groups in total. The first-order valence-electron chi connectivity index (χ1n) is 7.75. The molecule has 0 bridgehead atoms. The van der Waals surface area contributed by atoms with E-state index >= 15 is 0 Å². The van der Waals surface area contributed by atoms with Gasteiger partial charge in [-0.3, -0.25) is 5.43 Å². The van der Waals surface area contributed by atoms with Crippen molar-refractivity contribution in [2.75, 3.05) is 5.43 Å². The molecule has 0 aromatic heterocycles. The Labute approximate surface area is 151 Å². The second-order valence-electron chi connectivity index (χ2n) is 5.38. The van der Waals surface area contributed by atoms with E-state index in [1.165, 1.54) is 12.3 Å². The summed E-state index contributed by atoms with van der Waals surface area (Å²) in [4.78, 5) is 0. The Hall–Kier alpha value is -2.98. The highest BCUT2D eigenvalue weighted by molar-refractivity contribution is 6.30. The van der Waals surface area contributed by atoms with Gasteiger partial charge in [0.15, 0.2) is 0 Å². The molecular weight excluding hydrogens is 336 g/mol. The highest BCUT2D eigenvalue weighted by Gasteiger charge is 2.00. The Balaban J connectivity index is 1.61. The number of phenolic OH excluding ortho intramolecular Hbond substituents is 1. The predicted octanol–water partition coefficient (Wildman–Crippen LogP) is 5.07. The third-order valence-electron chi connectivity index (χ3n) is 3.47. The average molecular weight is 353 g/mol. The van der Waals surface area contributed by atoms with E-state index in [2.05, 4.69) is 10.5 Å². The molecule has 0 aliphatic carbocycles. The lowest BCUT2D eigenvalue weighted by atomic mass is 10.2. The fourth-order valence-electron chi connectivity index (χ4n) is 2.20. The first-order valence-corrected chi connectivity index (χ1v) is 8.13. The van der Waals surface area contributed by atoms with Gasteiger partial charge in [0.2, 0.25) is 0 Å². The number of hydrogen-bond donors (Lipinski definition) is 2. The summed E-state index contributed by atoms with van der Waals surface area (Å²) in [5, 5.41) is 14.4. The van der Waals surface area contributed by atoms with Crippen LogP contribution < -0.4 is 10.2 Å². The lowest BCUT2D eigenvalue weighted by molar-refractivity contribution is 0.306. The SMILES string of the molecule is Oc1ccc(Cl)cc1/C=N/Nc1cccc(OCc2ccccc2)c1. The van der Waals surface area contributed by atoms with Crippen LogP contribution >= 0.6 is 11.6 Å². The second kappa shape index (κ2) is 8.22. The number of halogens is 1. The van der Waals surface area contributed by atoms with Crippen LogP contribution in [0.5, 0.6) is 11.5 Å². The van der Waals surface area contributed by atoms with E-state index in [1.54, 1.807) is 12.1 Å². The zero-order valence-corrected chi connectivity index (χ0v) is 14.1. The molecule has 0 fully saturated rings. The number of nitrogens with one attached hydrogen (secondary N) is 1. The van der Waals surface area contributed by atoms with Gasteiger partial charge in [0.05, 0.1) is 11.9 Å². The molecule has 3 rings (SSSR count). The predicted molar refractivity (Wildman–Crippen MR) is 102 cm³/mol. The number of benzene rings is 3. The molecule has 25 heavy (non-hydrogen) atoms. The van der Waals surface area contributed by atoms with E-state index in [-0.39, 0.29) is 5.75 Å². The largest absolute Gasteiger partial charge is 0.507 e. The fourth-order valence-corrected chi connectivity index (χ4v) is 2.38. The number of hydrogen-bond acceptors (Lipinski definition) is 4. The van der Waals surface area contributed by atoms with Crippen LogP contribution in [0.4, 0.5) is 5.69 Å². The van der Waals surface area contributed by atoms with Crippen LogP contribution in [0.15, 0.2) is 77.9 Å². The third-order valence-corrected chi connectivity index (χ3v) is 3.70. The van der Waals surface area contributed by atoms with Crippen LogP contribution in [0.3, 0.4) is 0 Å². The lowest BCUT2D eigenvalue weighted by Gasteiger charge is -2.08. The summed E-state index contributed by atoms with van der Waals surface area (Å²) >= 11 is 5.91. The molecule has 126 valence electrons. The van der Waals surface area contributed by atoms with E-state index in [9.17, 15) is 5.11 Å². The molecule has 0 spiro atoms. The van der Waals surface area contributed by atoms with Crippen LogP contribution in [-0.2, 0) is 6.61 Å². The van der Waals surface area contributed by atoms with Crippen LogP contribution in [0.1, 0.15) is 11.1 Å². The standard InChI is InChI=1S/C20H17ClN2O2/c21-17-9-10-20(24)16(11-17)13-22-23-18-7-4-8-19(12-18)25-14-15-5-2-1-3-6-15/h1-13,23-24H,14H2/b22-13+. The molecular formula is C20H17ClN2O2. The topological polar surface area (TPSA) is 53.9 Å². The first-order chi connectivity index (χ1) is 12.2. The normalized spacial score (nSPS) is 10.8. The molecule has 3 aromatic carbocycles. The number of phenols is 1. The van der Waals surface area contributed by atoms with Crippen LogP contribution in [0.25, 0.3) is 0 Å². The molecule has 5 heteroatoms. The van der Waals surface area contributed by atoms with Gasteiger partial charge < -0.3 is 9.84 Å². The minimum absolute atomic E-state index is 0.120. The summed E-state index contributed by atoms with van der Waals surface area (Å²) in [7, 11) is 0.